The molecule has 6 heteroatoms. The van der Waals surface area contributed by atoms with E-state index >= 15 is 0 Å². The van der Waals surface area contributed by atoms with Crippen molar-refractivity contribution < 1.29 is 19.1 Å². The molecule has 0 aliphatic rings. The summed E-state index contributed by atoms with van der Waals surface area (Å²) in [6.07, 6.45) is 1.84. The molecule has 0 spiro atoms. The topological polar surface area (TPSA) is 52.6 Å². The maximum atomic E-state index is 11.4. The van der Waals surface area contributed by atoms with E-state index in [1.165, 1.54) is 37.7 Å². The quantitative estimate of drug-likeness (QED) is 0.662. The van der Waals surface area contributed by atoms with Crippen LogP contribution in [-0.2, 0) is 19.1 Å². The number of carbonyl (C=O) groups is 2. The summed E-state index contributed by atoms with van der Waals surface area (Å²) in [6.45, 7) is 1.80. The first kappa shape index (κ1) is 14.6. The van der Waals surface area contributed by atoms with Gasteiger partial charge in [-0.05, 0) is 13.2 Å². The van der Waals surface area contributed by atoms with Crippen molar-refractivity contribution >= 4 is 35.5 Å². The van der Waals surface area contributed by atoms with Crippen LogP contribution < -0.4 is 0 Å². The zero-order valence-corrected chi connectivity index (χ0v) is 11.0. The number of esters is 2. The maximum absolute atomic E-state index is 11.4. The minimum absolute atomic E-state index is 0.254. The van der Waals surface area contributed by atoms with E-state index in [2.05, 4.69) is 4.74 Å². The van der Waals surface area contributed by atoms with Crippen LogP contribution in [0.25, 0.3) is 0 Å². The lowest BCUT2D eigenvalue weighted by Crippen LogP contribution is -2.35. The molecule has 0 aromatic rings. The molecule has 1 unspecified atom stereocenters. The second-order valence-electron chi connectivity index (χ2n) is 3.00. The van der Waals surface area contributed by atoms with Crippen molar-refractivity contribution in [1.29, 1.82) is 0 Å². The molecule has 0 aromatic heterocycles. The summed E-state index contributed by atoms with van der Waals surface area (Å²) in [5.41, 5.74) is 0. The van der Waals surface area contributed by atoms with Crippen LogP contribution in [0.5, 0.6) is 0 Å². The van der Waals surface area contributed by atoms with Gasteiger partial charge in [-0.1, -0.05) is 0 Å². The van der Waals surface area contributed by atoms with Gasteiger partial charge < -0.3 is 9.47 Å². The molecule has 0 rings (SSSR count). The zero-order chi connectivity index (χ0) is 11.9. The molecule has 1 atom stereocenters. The molecule has 0 saturated carbocycles. The summed E-state index contributed by atoms with van der Waals surface area (Å²) >= 11 is 2.78. The second-order valence-corrected chi connectivity index (χ2v) is 5.29. The molecule has 0 bridgehead atoms. The van der Waals surface area contributed by atoms with E-state index in [4.69, 9.17) is 4.74 Å². The Kier molecular flexibility index (Phi) is 6.84. The van der Waals surface area contributed by atoms with Gasteiger partial charge in [0.2, 0.25) is 0 Å². The van der Waals surface area contributed by atoms with Crippen LogP contribution >= 0.6 is 23.5 Å². The number of thioether (sulfide) groups is 2. The highest BCUT2D eigenvalue weighted by molar-refractivity contribution is 8.04. The number of carbonyl (C=O) groups excluding carboxylic acids is 2. The summed E-state index contributed by atoms with van der Waals surface area (Å²) in [7, 11) is 2.71. The normalized spacial score (nSPS) is 14.1. The first-order valence-electron chi connectivity index (χ1n) is 4.28. The third kappa shape index (κ3) is 4.79. The van der Waals surface area contributed by atoms with Crippen LogP contribution in [0, 0.1) is 0 Å². The molecule has 4 nitrogen and oxygen atoms in total. The van der Waals surface area contributed by atoms with Gasteiger partial charge >= 0.3 is 11.9 Å². The molecule has 0 saturated heterocycles. The first-order chi connectivity index (χ1) is 7.00. The fraction of sp³-hybridized carbons (Fsp3) is 0.778. The van der Waals surface area contributed by atoms with Crippen molar-refractivity contribution in [3.05, 3.63) is 0 Å². The fourth-order valence-corrected chi connectivity index (χ4v) is 2.67. The lowest BCUT2D eigenvalue weighted by atomic mass is 10.2. The smallest absolute Gasteiger partial charge is 0.322 e. The van der Waals surface area contributed by atoms with Crippen molar-refractivity contribution in [3.63, 3.8) is 0 Å². The fourth-order valence-electron chi connectivity index (χ4n) is 0.805. The number of methoxy groups -OCH3 is 2. The predicted molar refractivity (Wildman–Crippen MR) is 63.3 cm³/mol. The lowest BCUT2D eigenvalue weighted by molar-refractivity contribution is -0.142. The Bertz CT molecular complexity index is 232. The predicted octanol–water partition coefficient (Wildman–Crippen LogP) is 1.19. The molecule has 15 heavy (non-hydrogen) atoms. The first-order valence-corrected chi connectivity index (χ1v) is 6.66. The number of hydrogen-bond acceptors (Lipinski definition) is 6. The Morgan fingerprint density at radius 1 is 1.27 bits per heavy atom. The summed E-state index contributed by atoms with van der Waals surface area (Å²) in [6, 6.07) is 0. The summed E-state index contributed by atoms with van der Waals surface area (Å²) in [5.74, 6) is 0.222. The standard InChI is InChI=1S/C9H16O4S2/c1-9(14-4,8(11)13-3)6-15-5-7(10)12-2/h5-6H2,1-4H3. The van der Waals surface area contributed by atoms with E-state index in [0.717, 1.165) is 0 Å². The highest BCUT2D eigenvalue weighted by Gasteiger charge is 2.33. The van der Waals surface area contributed by atoms with Gasteiger partial charge in [0.25, 0.3) is 0 Å². The second kappa shape index (κ2) is 7.00. The monoisotopic (exact) mass is 252 g/mol. The van der Waals surface area contributed by atoms with Crippen molar-refractivity contribution in [2.24, 2.45) is 0 Å². The van der Waals surface area contributed by atoms with Crippen LogP contribution in [0.3, 0.4) is 0 Å². The Balaban J connectivity index is 4.10. The molecule has 0 radical (unpaired) electrons. The third-order valence-corrected chi connectivity index (χ3v) is 4.51. The third-order valence-electron chi connectivity index (χ3n) is 1.89. The molecule has 0 heterocycles. The van der Waals surface area contributed by atoms with Crippen LogP contribution in [0.4, 0.5) is 0 Å². The molecule has 0 fully saturated rings. The largest absolute Gasteiger partial charge is 0.468 e. The van der Waals surface area contributed by atoms with Gasteiger partial charge in [-0.25, -0.2) is 0 Å². The molecule has 0 aliphatic carbocycles. The van der Waals surface area contributed by atoms with Crippen molar-refractivity contribution in [1.82, 2.24) is 0 Å². The van der Waals surface area contributed by atoms with Crippen molar-refractivity contribution in [2.75, 3.05) is 32.0 Å². The summed E-state index contributed by atoms with van der Waals surface area (Å²) < 4.78 is 8.60. The molecule has 88 valence electrons. The van der Waals surface area contributed by atoms with Gasteiger partial charge in [0.1, 0.15) is 4.75 Å². The van der Waals surface area contributed by atoms with Crippen LogP contribution in [-0.4, -0.2) is 48.7 Å². The van der Waals surface area contributed by atoms with E-state index in [1.807, 2.05) is 6.26 Å². The minimum atomic E-state index is -0.604. The number of ether oxygens (including phenoxy) is 2. The van der Waals surface area contributed by atoms with Gasteiger partial charge in [-0.3, -0.25) is 9.59 Å². The summed E-state index contributed by atoms with van der Waals surface area (Å²) in [4.78, 5) is 22.3. The molecular formula is C9H16O4S2. The zero-order valence-electron chi connectivity index (χ0n) is 9.36. The summed E-state index contributed by atoms with van der Waals surface area (Å²) in [5, 5.41) is 0. The van der Waals surface area contributed by atoms with Gasteiger partial charge in [0.05, 0.1) is 20.0 Å². The minimum Gasteiger partial charge on any atom is -0.468 e. The lowest BCUT2D eigenvalue weighted by Gasteiger charge is -2.23. The van der Waals surface area contributed by atoms with Crippen LogP contribution in [0.1, 0.15) is 6.92 Å². The van der Waals surface area contributed by atoms with Gasteiger partial charge in [-0.15, -0.1) is 23.5 Å². The molecular weight excluding hydrogens is 236 g/mol. The Morgan fingerprint density at radius 3 is 2.27 bits per heavy atom. The van der Waals surface area contributed by atoms with Crippen molar-refractivity contribution in [2.45, 2.75) is 11.7 Å². The Hall–Kier alpha value is -0.360. The molecule has 0 amide bonds. The van der Waals surface area contributed by atoms with E-state index < -0.39 is 4.75 Å². The van der Waals surface area contributed by atoms with Crippen molar-refractivity contribution in [3.8, 4) is 0 Å². The van der Waals surface area contributed by atoms with Crippen LogP contribution in [0.15, 0.2) is 0 Å². The van der Waals surface area contributed by atoms with E-state index in [0.29, 0.717) is 5.75 Å². The van der Waals surface area contributed by atoms with Gasteiger partial charge in [-0.2, -0.15) is 0 Å². The average molecular weight is 252 g/mol. The average Bonchev–Trinajstić information content (AvgIpc) is 2.27. The Morgan fingerprint density at radius 2 is 1.87 bits per heavy atom. The highest BCUT2D eigenvalue weighted by atomic mass is 32.2. The van der Waals surface area contributed by atoms with E-state index in [9.17, 15) is 9.59 Å². The van der Waals surface area contributed by atoms with Gasteiger partial charge in [0, 0.05) is 5.75 Å². The molecule has 0 aliphatic heterocycles. The van der Waals surface area contributed by atoms with Gasteiger partial charge in [0.15, 0.2) is 0 Å². The molecule has 0 aromatic carbocycles. The van der Waals surface area contributed by atoms with E-state index in [1.54, 1.807) is 6.92 Å². The number of hydrogen-bond donors (Lipinski definition) is 0. The van der Waals surface area contributed by atoms with Crippen LogP contribution in [0.2, 0.25) is 0 Å². The highest BCUT2D eigenvalue weighted by Crippen LogP contribution is 2.28. The molecule has 0 N–H and O–H groups in total. The van der Waals surface area contributed by atoms with E-state index in [-0.39, 0.29) is 17.7 Å². The number of rotatable bonds is 6. The maximum Gasteiger partial charge on any atom is 0.322 e. The SMILES string of the molecule is COC(=O)CSCC(C)(SC)C(=O)OC. The Labute approximate surface area is 98.5 Å².